The summed E-state index contributed by atoms with van der Waals surface area (Å²) in [6.45, 7) is 0. The van der Waals surface area contributed by atoms with E-state index in [9.17, 15) is 0 Å². The molecular formula is C19H36B. The van der Waals surface area contributed by atoms with Gasteiger partial charge in [0.1, 0.15) is 0 Å². The smallest absolute Gasteiger partial charge is 0 e. The van der Waals surface area contributed by atoms with Gasteiger partial charge >= 0.3 is 0 Å². The molecule has 6 atom stereocenters. The minimum Gasteiger partial charge on any atom is -0.0776 e. The zero-order valence-corrected chi connectivity index (χ0v) is 12.5. The Morgan fingerprint density at radius 3 is 1.30 bits per heavy atom. The molecule has 4 rings (SSSR count). The first-order valence-electron chi connectivity index (χ1n) is 8.93. The van der Waals surface area contributed by atoms with E-state index in [1.807, 2.05) is 0 Å². The number of hydrogen-bond acceptors (Lipinski definition) is 0. The van der Waals surface area contributed by atoms with Crippen LogP contribution in [0.25, 0.3) is 0 Å². The molecule has 115 valence electrons. The molecule has 1 heteroatoms. The van der Waals surface area contributed by atoms with Crippen molar-refractivity contribution in [3.8, 4) is 0 Å². The van der Waals surface area contributed by atoms with Gasteiger partial charge in [0.05, 0.1) is 0 Å². The van der Waals surface area contributed by atoms with E-state index in [1.54, 1.807) is 77.0 Å². The van der Waals surface area contributed by atoms with Crippen molar-refractivity contribution >= 4 is 8.41 Å². The monoisotopic (exact) mass is 276 g/mol. The van der Waals surface area contributed by atoms with Gasteiger partial charge in [-0.1, -0.05) is 46.0 Å². The largest absolute Gasteiger partial charge is 0.0776 e. The SMILES string of the molecule is C.C1CCC2C(C1)CCC1C3CCCCC3CCC21.[2HH].[B]. The third-order valence-corrected chi connectivity index (χ3v) is 7.33. The van der Waals surface area contributed by atoms with Gasteiger partial charge in [0.25, 0.3) is 0 Å². The Balaban J connectivity index is 0.000000735. The van der Waals surface area contributed by atoms with Crippen molar-refractivity contribution < 1.29 is 1.43 Å². The fraction of sp³-hybridized carbons (Fsp3) is 1.00. The predicted molar refractivity (Wildman–Crippen MR) is 90.9 cm³/mol. The molecule has 0 saturated heterocycles. The zero-order valence-electron chi connectivity index (χ0n) is 12.5. The van der Waals surface area contributed by atoms with Crippen LogP contribution in [-0.2, 0) is 0 Å². The highest BCUT2D eigenvalue weighted by Gasteiger charge is 2.47. The number of hydrogen-bond donors (Lipinski definition) is 0. The Labute approximate surface area is 130 Å². The van der Waals surface area contributed by atoms with Crippen LogP contribution in [0, 0.1) is 35.5 Å². The number of rotatable bonds is 0. The second kappa shape index (κ2) is 6.88. The second-order valence-corrected chi connectivity index (χ2v) is 7.90. The van der Waals surface area contributed by atoms with Gasteiger partial charge in [-0.2, -0.15) is 0 Å². The molecule has 0 N–H and O–H groups in total. The summed E-state index contributed by atoms with van der Waals surface area (Å²) < 4.78 is 0. The maximum absolute atomic E-state index is 1.62. The second-order valence-electron chi connectivity index (χ2n) is 7.90. The highest BCUT2D eigenvalue weighted by atomic mass is 14.5. The Kier molecular flexibility index (Phi) is 5.66. The molecule has 0 aromatic heterocycles. The van der Waals surface area contributed by atoms with Gasteiger partial charge in [-0.05, 0) is 74.0 Å². The van der Waals surface area contributed by atoms with Gasteiger partial charge < -0.3 is 0 Å². The molecule has 3 radical (unpaired) electrons. The molecule has 4 aliphatic rings. The molecule has 20 heavy (non-hydrogen) atoms. The van der Waals surface area contributed by atoms with Gasteiger partial charge in [0.2, 0.25) is 0 Å². The lowest BCUT2D eigenvalue weighted by Gasteiger charge is -2.54. The first kappa shape index (κ1) is 16.4. The van der Waals surface area contributed by atoms with Crippen LogP contribution in [0.15, 0.2) is 0 Å². The van der Waals surface area contributed by atoms with Crippen molar-refractivity contribution in [2.75, 3.05) is 0 Å². The van der Waals surface area contributed by atoms with E-state index in [-0.39, 0.29) is 17.3 Å². The lowest BCUT2D eigenvalue weighted by Crippen LogP contribution is -2.45. The fourth-order valence-corrected chi connectivity index (χ4v) is 6.62. The van der Waals surface area contributed by atoms with E-state index in [0.717, 1.165) is 11.8 Å². The topological polar surface area (TPSA) is 0 Å². The molecule has 0 aromatic carbocycles. The minimum absolute atomic E-state index is 0. The van der Waals surface area contributed by atoms with E-state index < -0.39 is 0 Å². The molecule has 0 heterocycles. The van der Waals surface area contributed by atoms with Crippen molar-refractivity contribution in [2.24, 2.45) is 35.5 Å². The van der Waals surface area contributed by atoms with Crippen LogP contribution < -0.4 is 0 Å². The van der Waals surface area contributed by atoms with Gasteiger partial charge in [-0.25, -0.2) is 0 Å². The molecule has 0 amide bonds. The summed E-state index contributed by atoms with van der Waals surface area (Å²) in [4.78, 5) is 0. The summed E-state index contributed by atoms with van der Waals surface area (Å²) in [6, 6.07) is 0. The summed E-state index contributed by atoms with van der Waals surface area (Å²) in [5, 5.41) is 0. The maximum atomic E-state index is 1.62. The standard InChI is InChI=1S/C18H30.CH4.B.H2/c1-3-7-15-13(5-1)9-11-18-16-8-4-2-6-14(16)10-12-17(15)18;;;/h13-18H,1-12H2;1H4;;1H/i;;;1+1. The Morgan fingerprint density at radius 1 is 0.450 bits per heavy atom. The lowest BCUT2D eigenvalue weighted by molar-refractivity contribution is -0.0408. The summed E-state index contributed by atoms with van der Waals surface area (Å²) in [5.41, 5.74) is 0. The summed E-state index contributed by atoms with van der Waals surface area (Å²) >= 11 is 0. The van der Waals surface area contributed by atoms with Crippen molar-refractivity contribution in [1.29, 1.82) is 0 Å². The van der Waals surface area contributed by atoms with E-state index >= 15 is 0 Å². The summed E-state index contributed by atoms with van der Waals surface area (Å²) in [5.74, 6) is 6.98. The first-order chi connectivity index (χ1) is 8.93. The third-order valence-electron chi connectivity index (χ3n) is 7.33. The Morgan fingerprint density at radius 2 is 0.850 bits per heavy atom. The van der Waals surface area contributed by atoms with Crippen molar-refractivity contribution in [2.45, 2.75) is 84.5 Å². The summed E-state index contributed by atoms with van der Waals surface area (Å²) in [7, 11) is 0. The fourth-order valence-electron chi connectivity index (χ4n) is 6.62. The van der Waals surface area contributed by atoms with E-state index in [4.69, 9.17) is 0 Å². The third kappa shape index (κ3) is 2.71. The maximum Gasteiger partial charge on any atom is 0 e. The van der Waals surface area contributed by atoms with Crippen LogP contribution in [0.1, 0.15) is 85.9 Å². The molecule has 0 spiro atoms. The Bertz CT molecular complexity index is 276. The van der Waals surface area contributed by atoms with Crippen LogP contribution >= 0.6 is 0 Å². The van der Waals surface area contributed by atoms with E-state index in [2.05, 4.69) is 0 Å². The molecule has 0 nitrogen and oxygen atoms in total. The quantitative estimate of drug-likeness (QED) is 0.482. The van der Waals surface area contributed by atoms with E-state index in [1.165, 1.54) is 23.7 Å². The van der Waals surface area contributed by atoms with Gasteiger partial charge in [0, 0.05) is 9.84 Å². The first-order valence-corrected chi connectivity index (χ1v) is 8.93. The minimum atomic E-state index is 0. The molecule has 0 aromatic rings. The van der Waals surface area contributed by atoms with Crippen molar-refractivity contribution in [3.05, 3.63) is 0 Å². The van der Waals surface area contributed by atoms with Crippen LogP contribution in [0.2, 0.25) is 0 Å². The Hall–Kier alpha value is 0.0649. The molecule has 4 saturated carbocycles. The van der Waals surface area contributed by atoms with Crippen molar-refractivity contribution in [1.82, 2.24) is 0 Å². The molecule has 4 aliphatic carbocycles. The van der Waals surface area contributed by atoms with E-state index in [0.29, 0.717) is 0 Å². The average Bonchev–Trinajstić information content (AvgIpc) is 2.46. The highest BCUT2D eigenvalue weighted by molar-refractivity contribution is 5.75. The number of fused-ring (bicyclic) bond motifs is 5. The van der Waals surface area contributed by atoms with Gasteiger partial charge in [0.15, 0.2) is 0 Å². The average molecular weight is 276 g/mol. The molecule has 0 bridgehead atoms. The van der Waals surface area contributed by atoms with Crippen LogP contribution in [0.5, 0.6) is 0 Å². The van der Waals surface area contributed by atoms with Crippen LogP contribution in [0.3, 0.4) is 0 Å². The summed E-state index contributed by atoms with van der Waals surface area (Å²) in [6.07, 6.45) is 19.0. The van der Waals surface area contributed by atoms with Crippen LogP contribution in [0.4, 0.5) is 0 Å². The molecular weight excluding hydrogens is 239 g/mol. The highest BCUT2D eigenvalue weighted by Crippen LogP contribution is 2.56. The molecule has 6 unspecified atom stereocenters. The normalized spacial score (nSPS) is 46.8. The predicted octanol–water partition coefficient (Wildman–Crippen LogP) is 5.92. The van der Waals surface area contributed by atoms with Gasteiger partial charge in [-0.15, -0.1) is 0 Å². The van der Waals surface area contributed by atoms with Crippen molar-refractivity contribution in [3.63, 3.8) is 0 Å². The molecule has 4 fully saturated rings. The van der Waals surface area contributed by atoms with Gasteiger partial charge in [-0.3, -0.25) is 0 Å². The van der Waals surface area contributed by atoms with Crippen LogP contribution in [-0.4, -0.2) is 8.41 Å². The zero-order chi connectivity index (χ0) is 11.9. The lowest BCUT2D eigenvalue weighted by atomic mass is 9.51. The molecule has 0 aliphatic heterocycles.